The lowest BCUT2D eigenvalue weighted by atomic mass is 10.2. The number of terminal acetylenes is 2. The molecule has 0 aliphatic rings. The van der Waals surface area contributed by atoms with E-state index in [2.05, 4.69) is 11.8 Å². The highest BCUT2D eigenvalue weighted by Gasteiger charge is 2.30. The van der Waals surface area contributed by atoms with E-state index in [1.807, 2.05) is 6.92 Å². The van der Waals surface area contributed by atoms with Crippen LogP contribution in [0.4, 0.5) is 0 Å². The molecule has 0 spiro atoms. The van der Waals surface area contributed by atoms with Crippen LogP contribution in [0.15, 0.2) is 0 Å². The molecule has 34 nitrogen and oxygen atoms in total. The van der Waals surface area contributed by atoms with Gasteiger partial charge in [-0.1, -0.05) is 104 Å². The Morgan fingerprint density at radius 1 is 0.167 bits per heavy atom. The lowest BCUT2D eigenvalue weighted by Gasteiger charge is -2.34. The third-order valence-corrected chi connectivity index (χ3v) is 22.7. The van der Waals surface area contributed by atoms with Gasteiger partial charge in [-0.3, -0.25) is 81.5 Å². The van der Waals surface area contributed by atoms with E-state index in [0.29, 0.717) is 51.7 Å². The SMILES string of the molecule is C#CCCCC(=O)N(C)CCN(CCN(CCN(CCN(CCN(CCN(CCN(CCN(CCN(CCN(CCN(CCN(CCN(CCN(CCN(CCN(CC)C(=O)CC)C(=O)CC)C(=O)CC)C(=O)CC)C(=O)CC)C(=O)CC)C(=O)CC)C(=O)CC)C(=O)CC)C(=O)CC)C(=O)CC)C(=O)CC)C(=O)CC)C(=O)CC)C(=O)CC)C(=O)CCCC#C. The van der Waals surface area contributed by atoms with Crippen LogP contribution in [0.25, 0.3) is 0 Å². The van der Waals surface area contributed by atoms with E-state index in [9.17, 15) is 81.5 Å². The molecule has 0 unspecified atom stereocenters. The van der Waals surface area contributed by atoms with Gasteiger partial charge in [-0.15, -0.1) is 24.7 Å². The smallest absolute Gasteiger partial charge is 0.222 e. The first-order valence-corrected chi connectivity index (χ1v) is 46.8. The average molecular weight is 1780 g/mol. The van der Waals surface area contributed by atoms with Crippen LogP contribution in [0.3, 0.4) is 0 Å². The highest BCUT2D eigenvalue weighted by molar-refractivity contribution is 5.84. The Hall–Kier alpha value is -9.89. The average Bonchev–Trinajstić information content (AvgIpc) is 0.879. The van der Waals surface area contributed by atoms with Gasteiger partial charge in [0.2, 0.25) is 100 Å². The standard InChI is InChI=1S/C92H161N17O17/c1-20-38-40-42-91(125)93(19)44-45-109(92(126)43-41-39-21-2)75-74-108(90(124)36-17)73-72-107(89(123)35-16)71-70-106(88(122)34-15)69-68-105(87(121)33-14)67-66-104(86(120)32-13)65-64-103(85(119)31-12)63-62-102(84(118)30-11)61-60-101(83(117)29-10)59-58-100(82(116)28-9)57-56-99(81(115)27-8)55-54-98(80(114)26-7)53-52-97(79(113)25-6)51-50-96(78(112)24-5)49-48-95(77(111)23-4)47-46-94(37-18)76(110)22-3/h1-2H,22-75H2,3-19H3. The topological polar surface area (TPSA) is 345 Å². The Morgan fingerprint density at radius 3 is 0.405 bits per heavy atom. The number of rotatable bonds is 70. The molecule has 0 saturated carbocycles. The molecule has 716 valence electrons. The number of hydrogen-bond donors (Lipinski definition) is 0. The fourth-order valence-corrected chi connectivity index (χ4v) is 14.3. The summed E-state index contributed by atoms with van der Waals surface area (Å²) >= 11 is 0. The Kier molecular flexibility index (Phi) is 63.0. The van der Waals surface area contributed by atoms with Crippen LogP contribution in [0.1, 0.15) is 246 Å². The number of amides is 17. The first-order chi connectivity index (χ1) is 60.2. The molecule has 0 aromatic heterocycles. The molecule has 0 bridgehead atoms. The van der Waals surface area contributed by atoms with Crippen molar-refractivity contribution < 1.29 is 81.5 Å². The summed E-state index contributed by atoms with van der Waals surface area (Å²) in [5, 5.41) is 0. The number of carbonyl (C=O) groups is 17. The van der Waals surface area contributed by atoms with Crippen molar-refractivity contribution in [2.75, 3.05) is 223 Å². The number of carbonyl (C=O) groups excluding carboxylic acids is 17. The fraction of sp³-hybridized carbons (Fsp3) is 0.772. The van der Waals surface area contributed by atoms with Crippen molar-refractivity contribution in [3.63, 3.8) is 0 Å². The minimum absolute atomic E-state index is 0.0176. The Labute approximate surface area is 755 Å². The van der Waals surface area contributed by atoms with Crippen molar-refractivity contribution in [1.82, 2.24) is 83.3 Å². The van der Waals surface area contributed by atoms with E-state index in [-0.39, 0.29) is 399 Å². The molecule has 0 aromatic rings. The lowest BCUT2D eigenvalue weighted by Crippen LogP contribution is -2.50. The molecule has 0 aliphatic carbocycles. The zero-order chi connectivity index (χ0) is 95.2. The van der Waals surface area contributed by atoms with Crippen LogP contribution in [-0.4, -0.2) is 407 Å². The summed E-state index contributed by atoms with van der Waals surface area (Å²) in [5.74, 6) is 1.94. The largest absolute Gasteiger partial charge is 0.344 e. The molecule has 0 aliphatic heterocycles. The summed E-state index contributed by atoms with van der Waals surface area (Å²) in [6.07, 6.45) is 15.6. The van der Waals surface area contributed by atoms with Gasteiger partial charge >= 0.3 is 0 Å². The molecule has 0 radical (unpaired) electrons. The molecule has 0 atom stereocenters. The highest BCUT2D eigenvalue weighted by atomic mass is 16.2. The van der Waals surface area contributed by atoms with E-state index >= 15 is 0 Å². The second kappa shape index (κ2) is 68.3. The zero-order valence-corrected chi connectivity index (χ0v) is 80.4. The third-order valence-electron chi connectivity index (χ3n) is 22.7. The molecule has 0 N–H and O–H groups in total. The first kappa shape index (κ1) is 116. The van der Waals surface area contributed by atoms with Crippen molar-refractivity contribution in [3.8, 4) is 24.7 Å². The monoisotopic (exact) mass is 1780 g/mol. The van der Waals surface area contributed by atoms with Crippen LogP contribution in [0, 0.1) is 24.7 Å². The van der Waals surface area contributed by atoms with E-state index in [0.717, 1.165) is 0 Å². The van der Waals surface area contributed by atoms with Crippen molar-refractivity contribution in [3.05, 3.63) is 0 Å². The van der Waals surface area contributed by atoms with Gasteiger partial charge in [0.05, 0.1) is 0 Å². The van der Waals surface area contributed by atoms with E-state index < -0.39 is 0 Å². The van der Waals surface area contributed by atoms with Crippen molar-refractivity contribution in [1.29, 1.82) is 0 Å². The molecule has 17 amide bonds. The molecule has 0 saturated heterocycles. The lowest BCUT2D eigenvalue weighted by molar-refractivity contribution is -0.139. The molecular formula is C92H161N17O17. The van der Waals surface area contributed by atoms with Crippen molar-refractivity contribution >= 4 is 100 Å². The quantitative estimate of drug-likeness (QED) is 0.0537. The van der Waals surface area contributed by atoms with E-state index in [4.69, 9.17) is 12.8 Å². The van der Waals surface area contributed by atoms with Crippen LogP contribution in [0.2, 0.25) is 0 Å². The van der Waals surface area contributed by atoms with Gasteiger partial charge in [-0.05, 0) is 19.8 Å². The van der Waals surface area contributed by atoms with Crippen molar-refractivity contribution in [2.24, 2.45) is 0 Å². The number of likely N-dealkylation sites (N-methyl/N-ethyl adjacent to an activating group) is 2. The summed E-state index contributed by atoms with van der Waals surface area (Å²) < 4.78 is 0. The number of unbranched alkanes of at least 4 members (excludes halogenated alkanes) is 2. The Bertz CT molecular complexity index is 3430. The third kappa shape index (κ3) is 45.0. The number of nitrogens with zero attached hydrogens (tertiary/aromatic N) is 17. The summed E-state index contributed by atoms with van der Waals surface area (Å²) in [5.41, 5.74) is 0. The van der Waals surface area contributed by atoms with Gasteiger partial charge in [0.1, 0.15) is 0 Å². The molecule has 0 fully saturated rings. The van der Waals surface area contributed by atoms with Crippen LogP contribution >= 0.6 is 0 Å². The van der Waals surface area contributed by atoms with Gasteiger partial charge in [0, 0.05) is 345 Å². The van der Waals surface area contributed by atoms with E-state index in [1.54, 1.807) is 194 Å². The second-order valence-electron chi connectivity index (χ2n) is 30.9. The maximum absolute atomic E-state index is 13.8. The highest BCUT2D eigenvalue weighted by Crippen LogP contribution is 2.14. The van der Waals surface area contributed by atoms with E-state index in [1.165, 1.54) is 0 Å². The summed E-state index contributed by atoms with van der Waals surface area (Å²) in [6.45, 7) is 32.9. The number of hydrogen-bond acceptors (Lipinski definition) is 17. The summed E-state index contributed by atoms with van der Waals surface area (Å²) in [4.78, 5) is 257. The van der Waals surface area contributed by atoms with Gasteiger partial charge in [-0.25, -0.2) is 0 Å². The van der Waals surface area contributed by atoms with Gasteiger partial charge in [0.15, 0.2) is 0 Å². The summed E-state index contributed by atoms with van der Waals surface area (Å²) in [6, 6.07) is 0. The van der Waals surface area contributed by atoms with Crippen LogP contribution < -0.4 is 0 Å². The molecule has 0 rings (SSSR count). The zero-order valence-electron chi connectivity index (χ0n) is 80.4. The van der Waals surface area contributed by atoms with Crippen LogP contribution in [0.5, 0.6) is 0 Å². The predicted molar refractivity (Wildman–Crippen MR) is 488 cm³/mol. The summed E-state index contributed by atoms with van der Waals surface area (Å²) in [7, 11) is 1.67. The van der Waals surface area contributed by atoms with Gasteiger partial charge < -0.3 is 83.3 Å². The molecule has 34 heteroatoms. The normalized spacial score (nSPS) is 10.8. The van der Waals surface area contributed by atoms with Crippen LogP contribution in [-0.2, 0) is 81.5 Å². The molecule has 0 heterocycles. The second-order valence-corrected chi connectivity index (χ2v) is 30.9. The van der Waals surface area contributed by atoms with Gasteiger partial charge in [0.25, 0.3) is 0 Å². The Morgan fingerprint density at radius 2 is 0.278 bits per heavy atom. The fourth-order valence-electron chi connectivity index (χ4n) is 14.3. The molecule has 0 aromatic carbocycles. The van der Waals surface area contributed by atoms with Gasteiger partial charge in [-0.2, -0.15) is 0 Å². The maximum atomic E-state index is 13.8. The maximum Gasteiger partial charge on any atom is 0.222 e. The van der Waals surface area contributed by atoms with Crippen molar-refractivity contribution in [2.45, 2.75) is 246 Å². The molecular weight excluding hydrogens is 1620 g/mol. The Balaban J connectivity index is 6.54. The minimum Gasteiger partial charge on any atom is -0.344 e. The minimum atomic E-state index is -0.232. The first-order valence-electron chi connectivity index (χ1n) is 46.8. The molecule has 126 heavy (non-hydrogen) atoms. The predicted octanol–water partition coefficient (Wildman–Crippen LogP) is 5.48.